The molecule has 64 valence electrons. The molecule has 12 heavy (non-hydrogen) atoms. The van der Waals surface area contributed by atoms with Gasteiger partial charge in [0.15, 0.2) is 0 Å². The van der Waals surface area contributed by atoms with Gasteiger partial charge in [0.2, 0.25) is 0 Å². The van der Waals surface area contributed by atoms with Gasteiger partial charge in [-0.15, -0.1) is 0 Å². The summed E-state index contributed by atoms with van der Waals surface area (Å²) in [4.78, 5) is 24.1. The molecule has 0 saturated carbocycles. The SMILES string of the molecule is O=c1[nH]c2c(c(=O)n1O)NCN2. The second kappa shape index (κ2) is 2.03. The van der Waals surface area contributed by atoms with E-state index in [4.69, 9.17) is 5.21 Å². The third-order valence-electron chi connectivity index (χ3n) is 1.61. The summed E-state index contributed by atoms with van der Waals surface area (Å²) in [6.45, 7) is 0.366. The molecule has 0 aromatic carbocycles. The molecule has 1 aromatic heterocycles. The maximum absolute atomic E-state index is 11.1. The van der Waals surface area contributed by atoms with Crippen LogP contribution in [0, 0.1) is 0 Å². The average Bonchev–Trinajstić information content (AvgIpc) is 2.48. The fourth-order valence-corrected chi connectivity index (χ4v) is 1.05. The zero-order chi connectivity index (χ0) is 8.72. The number of fused-ring (bicyclic) bond motifs is 1. The van der Waals surface area contributed by atoms with Crippen LogP contribution in [-0.2, 0) is 0 Å². The minimum absolute atomic E-state index is 0.0266. The van der Waals surface area contributed by atoms with E-state index in [1.165, 1.54) is 0 Å². The summed E-state index contributed by atoms with van der Waals surface area (Å²) >= 11 is 0. The van der Waals surface area contributed by atoms with E-state index in [2.05, 4.69) is 15.6 Å². The highest BCUT2D eigenvalue weighted by molar-refractivity contribution is 5.67. The van der Waals surface area contributed by atoms with Crippen molar-refractivity contribution < 1.29 is 5.21 Å². The number of aromatic nitrogens is 2. The van der Waals surface area contributed by atoms with Crippen molar-refractivity contribution in [1.82, 2.24) is 9.71 Å². The highest BCUT2D eigenvalue weighted by Crippen LogP contribution is 2.15. The minimum atomic E-state index is -0.852. The molecule has 0 radical (unpaired) electrons. The number of nitrogens with one attached hydrogen (secondary N) is 3. The zero-order valence-electron chi connectivity index (χ0n) is 5.92. The highest BCUT2D eigenvalue weighted by Gasteiger charge is 2.16. The molecule has 2 rings (SSSR count). The standard InChI is InChI=1S/C5H6N4O3/c10-4-2-3(7-1-6-2)8-5(11)9(4)12/h6-7,12H,1H2,(H,8,11). The van der Waals surface area contributed by atoms with E-state index < -0.39 is 11.2 Å². The quantitative estimate of drug-likeness (QED) is 0.358. The van der Waals surface area contributed by atoms with Gasteiger partial charge >= 0.3 is 11.2 Å². The molecule has 2 heterocycles. The van der Waals surface area contributed by atoms with Crippen molar-refractivity contribution in [3.8, 4) is 0 Å². The summed E-state index contributed by atoms with van der Waals surface area (Å²) in [6, 6.07) is 0. The fraction of sp³-hybridized carbons (Fsp3) is 0.200. The molecule has 0 aliphatic carbocycles. The third kappa shape index (κ3) is 0.698. The van der Waals surface area contributed by atoms with E-state index in [0.29, 0.717) is 12.5 Å². The Hall–Kier alpha value is -1.92. The van der Waals surface area contributed by atoms with E-state index in [1.54, 1.807) is 0 Å². The first-order chi connectivity index (χ1) is 5.70. The van der Waals surface area contributed by atoms with Gasteiger partial charge in [-0.05, 0) is 0 Å². The number of H-pyrrole nitrogens is 1. The summed E-state index contributed by atoms with van der Waals surface area (Å²) in [5.74, 6) is 0.315. The Bertz CT molecular complexity index is 431. The lowest BCUT2D eigenvalue weighted by atomic mass is 10.5. The summed E-state index contributed by atoms with van der Waals surface area (Å²) in [6.07, 6.45) is 0. The van der Waals surface area contributed by atoms with Gasteiger partial charge in [-0.1, -0.05) is 4.73 Å². The maximum atomic E-state index is 11.1. The Balaban J connectivity index is 2.85. The van der Waals surface area contributed by atoms with E-state index in [0.717, 1.165) is 0 Å². The molecule has 1 aromatic rings. The first kappa shape index (κ1) is 6.77. The normalized spacial score (nSPS) is 13.3. The van der Waals surface area contributed by atoms with Crippen LogP contribution in [0.4, 0.5) is 11.5 Å². The fourth-order valence-electron chi connectivity index (χ4n) is 1.05. The topological polar surface area (TPSA) is 99.2 Å². The molecule has 7 heteroatoms. The van der Waals surface area contributed by atoms with Gasteiger partial charge in [0.1, 0.15) is 11.5 Å². The number of anilines is 2. The monoisotopic (exact) mass is 170 g/mol. The van der Waals surface area contributed by atoms with Crippen LogP contribution >= 0.6 is 0 Å². The second-order valence-electron chi connectivity index (χ2n) is 2.33. The van der Waals surface area contributed by atoms with Gasteiger partial charge in [-0.25, -0.2) is 4.79 Å². The predicted molar refractivity (Wildman–Crippen MR) is 40.6 cm³/mol. The first-order valence-corrected chi connectivity index (χ1v) is 3.26. The van der Waals surface area contributed by atoms with Gasteiger partial charge in [-0.3, -0.25) is 9.78 Å². The minimum Gasteiger partial charge on any atom is -0.421 e. The van der Waals surface area contributed by atoms with Crippen LogP contribution < -0.4 is 21.9 Å². The van der Waals surface area contributed by atoms with Gasteiger partial charge in [0, 0.05) is 0 Å². The zero-order valence-corrected chi connectivity index (χ0v) is 5.92. The lowest BCUT2D eigenvalue weighted by Crippen LogP contribution is -2.33. The van der Waals surface area contributed by atoms with Crippen molar-refractivity contribution >= 4 is 11.5 Å². The van der Waals surface area contributed by atoms with E-state index in [-0.39, 0.29) is 10.4 Å². The number of aromatic amines is 1. The molecule has 0 bridgehead atoms. The van der Waals surface area contributed by atoms with Crippen molar-refractivity contribution in [2.45, 2.75) is 0 Å². The molecule has 1 aliphatic heterocycles. The van der Waals surface area contributed by atoms with Crippen molar-refractivity contribution in [1.29, 1.82) is 0 Å². The summed E-state index contributed by atoms with van der Waals surface area (Å²) in [5.41, 5.74) is -1.43. The molecule has 7 nitrogen and oxygen atoms in total. The number of hydrogen-bond donors (Lipinski definition) is 4. The molecule has 4 N–H and O–H groups in total. The molecule has 0 unspecified atom stereocenters. The lowest BCUT2D eigenvalue weighted by Gasteiger charge is -1.98. The van der Waals surface area contributed by atoms with Crippen LogP contribution in [0.25, 0.3) is 0 Å². The third-order valence-corrected chi connectivity index (χ3v) is 1.61. The van der Waals surface area contributed by atoms with E-state index >= 15 is 0 Å². The lowest BCUT2D eigenvalue weighted by molar-refractivity contribution is 0.161. The van der Waals surface area contributed by atoms with Crippen LogP contribution in [0.1, 0.15) is 0 Å². The van der Waals surface area contributed by atoms with Crippen LogP contribution in [0.5, 0.6) is 0 Å². The Morgan fingerprint density at radius 2 is 2.08 bits per heavy atom. The number of hydrogen-bond acceptors (Lipinski definition) is 5. The molecular formula is C5H6N4O3. The largest absolute Gasteiger partial charge is 0.421 e. The molecule has 0 atom stereocenters. The van der Waals surface area contributed by atoms with Gasteiger partial charge in [-0.2, -0.15) is 0 Å². The van der Waals surface area contributed by atoms with Crippen LogP contribution in [0.3, 0.4) is 0 Å². The van der Waals surface area contributed by atoms with Crippen LogP contribution in [-0.4, -0.2) is 21.6 Å². The molecule has 0 amide bonds. The van der Waals surface area contributed by atoms with Crippen molar-refractivity contribution in [2.75, 3.05) is 17.3 Å². The van der Waals surface area contributed by atoms with Gasteiger partial charge < -0.3 is 15.8 Å². The molecular weight excluding hydrogens is 164 g/mol. The Morgan fingerprint density at radius 1 is 1.33 bits per heavy atom. The summed E-state index contributed by atoms with van der Waals surface area (Å²) in [5, 5.41) is 14.2. The van der Waals surface area contributed by atoms with Crippen molar-refractivity contribution in [3.05, 3.63) is 20.8 Å². The number of rotatable bonds is 0. The van der Waals surface area contributed by atoms with E-state index in [1.807, 2.05) is 0 Å². The van der Waals surface area contributed by atoms with Crippen molar-refractivity contribution in [2.24, 2.45) is 0 Å². The van der Waals surface area contributed by atoms with Crippen LogP contribution in [0.15, 0.2) is 9.59 Å². The molecule has 0 saturated heterocycles. The molecule has 1 aliphatic rings. The second-order valence-corrected chi connectivity index (χ2v) is 2.33. The Kier molecular flexibility index (Phi) is 1.15. The van der Waals surface area contributed by atoms with Crippen LogP contribution in [0.2, 0.25) is 0 Å². The molecule has 0 fully saturated rings. The van der Waals surface area contributed by atoms with E-state index in [9.17, 15) is 9.59 Å². The van der Waals surface area contributed by atoms with Gasteiger partial charge in [0.25, 0.3) is 0 Å². The highest BCUT2D eigenvalue weighted by atomic mass is 16.5. The maximum Gasteiger partial charge on any atom is 0.363 e. The van der Waals surface area contributed by atoms with Gasteiger partial charge in [0.05, 0.1) is 6.67 Å². The van der Waals surface area contributed by atoms with Crippen molar-refractivity contribution in [3.63, 3.8) is 0 Å². The first-order valence-electron chi connectivity index (χ1n) is 3.26. The number of nitrogens with zero attached hydrogens (tertiary/aromatic N) is 1. The summed E-state index contributed by atoms with van der Waals surface area (Å²) < 4.78 is 0.0266. The Labute approximate surface area is 65.6 Å². The smallest absolute Gasteiger partial charge is 0.363 e. The molecule has 0 spiro atoms. The predicted octanol–water partition coefficient (Wildman–Crippen LogP) is -1.43. The Morgan fingerprint density at radius 3 is 2.83 bits per heavy atom. The average molecular weight is 170 g/mol. The summed E-state index contributed by atoms with van der Waals surface area (Å²) in [7, 11) is 0.